The smallest absolute Gasteiger partial charge is 0.253 e. The van der Waals surface area contributed by atoms with E-state index in [-0.39, 0.29) is 11.3 Å². The normalized spacial score (nSPS) is 11.9. The van der Waals surface area contributed by atoms with Gasteiger partial charge in [-0.25, -0.2) is 0 Å². The Bertz CT molecular complexity index is 1320. The number of pyridine rings is 1. The Kier molecular flexibility index (Phi) is 7.27. The molecule has 2 aromatic carbocycles. The summed E-state index contributed by atoms with van der Waals surface area (Å²) in [4.78, 5) is 19.4. The maximum atomic E-state index is 13.0. The van der Waals surface area contributed by atoms with Gasteiger partial charge in [-0.3, -0.25) is 14.9 Å². The van der Waals surface area contributed by atoms with E-state index in [4.69, 9.17) is 0 Å². The van der Waals surface area contributed by atoms with Crippen molar-refractivity contribution in [2.45, 2.75) is 13.8 Å². The van der Waals surface area contributed by atoms with Gasteiger partial charge in [0.25, 0.3) is 5.91 Å². The number of nitrogens with one attached hydrogen (secondary N) is 3. The predicted molar refractivity (Wildman–Crippen MR) is 144 cm³/mol. The summed E-state index contributed by atoms with van der Waals surface area (Å²) in [5.41, 5.74) is 4.83. The molecule has 3 N–H and O–H groups in total. The quantitative estimate of drug-likeness (QED) is 0.315. The van der Waals surface area contributed by atoms with E-state index < -0.39 is 0 Å². The molecule has 0 aliphatic carbocycles. The van der Waals surface area contributed by atoms with Gasteiger partial charge in [-0.05, 0) is 74.1 Å². The van der Waals surface area contributed by atoms with Crippen LogP contribution in [0.1, 0.15) is 35.6 Å². The summed E-state index contributed by atoms with van der Waals surface area (Å²) < 4.78 is 0. The topological polar surface area (TPSA) is 85.9 Å². The van der Waals surface area contributed by atoms with Crippen LogP contribution in [0.4, 0.5) is 11.4 Å². The highest BCUT2D eigenvalue weighted by Gasteiger charge is 2.21. The van der Waals surface area contributed by atoms with Crippen molar-refractivity contribution >= 4 is 40.3 Å². The minimum Gasteiger partial charge on any atom is -0.355 e. The van der Waals surface area contributed by atoms with Crippen LogP contribution in [0.3, 0.4) is 0 Å². The minimum absolute atomic E-state index is 0.0318. The number of benzene rings is 2. The Labute approximate surface area is 206 Å². The minimum atomic E-state index is -0.0931. The SMILES string of the molecule is CN(C)CC(C)(C)CNC(=O)c1ccccc1Nc1ccc2c(/C=C/c3ccccn3)n[nH]c2c1. The fourth-order valence-corrected chi connectivity index (χ4v) is 4.16. The van der Waals surface area contributed by atoms with E-state index in [2.05, 4.69) is 44.6 Å². The zero-order chi connectivity index (χ0) is 24.8. The number of hydrogen-bond donors (Lipinski definition) is 3. The van der Waals surface area contributed by atoms with Crippen molar-refractivity contribution in [1.29, 1.82) is 0 Å². The molecule has 7 heteroatoms. The number of hydrogen-bond acceptors (Lipinski definition) is 5. The number of fused-ring (bicyclic) bond motifs is 1. The number of rotatable bonds is 9. The maximum Gasteiger partial charge on any atom is 0.253 e. The van der Waals surface area contributed by atoms with Crippen LogP contribution in [0.15, 0.2) is 66.9 Å². The van der Waals surface area contributed by atoms with Gasteiger partial charge in [0.15, 0.2) is 0 Å². The molecule has 0 bridgehead atoms. The molecule has 1 amide bonds. The zero-order valence-electron chi connectivity index (χ0n) is 20.7. The van der Waals surface area contributed by atoms with E-state index in [1.807, 2.05) is 86.9 Å². The fraction of sp³-hybridized carbons (Fsp3) is 0.250. The third-order valence-corrected chi connectivity index (χ3v) is 5.61. The van der Waals surface area contributed by atoms with Gasteiger partial charge in [-0.2, -0.15) is 5.10 Å². The van der Waals surface area contributed by atoms with E-state index in [0.29, 0.717) is 12.1 Å². The van der Waals surface area contributed by atoms with Gasteiger partial charge in [-0.15, -0.1) is 0 Å². The molecule has 0 spiro atoms. The van der Waals surface area contributed by atoms with E-state index in [0.717, 1.165) is 40.2 Å². The van der Waals surface area contributed by atoms with Gasteiger partial charge in [0.05, 0.1) is 28.2 Å². The molecule has 2 aromatic heterocycles. The molecule has 0 aliphatic heterocycles. The van der Waals surface area contributed by atoms with Crippen molar-refractivity contribution in [2.75, 3.05) is 32.5 Å². The van der Waals surface area contributed by atoms with Crippen molar-refractivity contribution in [3.05, 3.63) is 83.8 Å². The third kappa shape index (κ3) is 6.33. The average Bonchev–Trinajstić information content (AvgIpc) is 3.24. The first kappa shape index (κ1) is 24.2. The van der Waals surface area contributed by atoms with Crippen LogP contribution in [0, 0.1) is 5.41 Å². The number of aromatic amines is 1. The molecule has 0 unspecified atom stereocenters. The van der Waals surface area contributed by atoms with Gasteiger partial charge in [0.2, 0.25) is 0 Å². The number of para-hydroxylation sites is 1. The number of amides is 1. The summed E-state index contributed by atoms with van der Waals surface area (Å²) >= 11 is 0. The highest BCUT2D eigenvalue weighted by atomic mass is 16.1. The molecule has 7 nitrogen and oxygen atoms in total. The van der Waals surface area contributed by atoms with Crippen molar-refractivity contribution in [3.8, 4) is 0 Å². The lowest BCUT2D eigenvalue weighted by molar-refractivity contribution is 0.0930. The first-order valence-corrected chi connectivity index (χ1v) is 11.7. The summed E-state index contributed by atoms with van der Waals surface area (Å²) in [5, 5.41) is 15.0. The van der Waals surface area contributed by atoms with Crippen LogP contribution in [0.25, 0.3) is 23.1 Å². The molecule has 180 valence electrons. The molecule has 4 aromatic rings. The standard InChI is InChI=1S/C28H32N6O/c1-28(2,19-34(3)4)18-30-27(35)23-10-5-6-11-24(23)31-21-12-14-22-25(32-33-26(22)17-21)15-13-20-9-7-8-16-29-20/h5-17,31H,18-19H2,1-4H3,(H,30,35)(H,32,33)/b15-13+. The summed E-state index contributed by atoms with van der Waals surface area (Å²) in [6.07, 6.45) is 5.66. The van der Waals surface area contributed by atoms with Gasteiger partial charge < -0.3 is 15.5 Å². The van der Waals surface area contributed by atoms with Gasteiger partial charge in [0.1, 0.15) is 0 Å². The van der Waals surface area contributed by atoms with E-state index >= 15 is 0 Å². The third-order valence-electron chi connectivity index (χ3n) is 5.61. The second-order valence-electron chi connectivity index (χ2n) is 9.71. The van der Waals surface area contributed by atoms with E-state index in [1.165, 1.54) is 0 Å². The van der Waals surface area contributed by atoms with Crippen LogP contribution < -0.4 is 10.6 Å². The van der Waals surface area contributed by atoms with Crippen LogP contribution >= 0.6 is 0 Å². The van der Waals surface area contributed by atoms with Gasteiger partial charge in [0, 0.05) is 30.4 Å². The summed E-state index contributed by atoms with van der Waals surface area (Å²) in [7, 11) is 4.08. The van der Waals surface area contributed by atoms with Crippen molar-refractivity contribution in [3.63, 3.8) is 0 Å². The summed E-state index contributed by atoms with van der Waals surface area (Å²) in [5.74, 6) is -0.0931. The Morgan fingerprint density at radius 1 is 1.06 bits per heavy atom. The maximum absolute atomic E-state index is 13.0. The Hall–Kier alpha value is -3.97. The molecule has 0 atom stereocenters. The van der Waals surface area contributed by atoms with Gasteiger partial charge in [-0.1, -0.05) is 32.0 Å². The predicted octanol–water partition coefficient (Wildman–Crippen LogP) is 5.19. The fourth-order valence-electron chi connectivity index (χ4n) is 4.16. The molecule has 0 saturated carbocycles. The van der Waals surface area contributed by atoms with E-state index in [9.17, 15) is 4.79 Å². The molecule has 0 radical (unpaired) electrons. The molecule has 2 heterocycles. The highest BCUT2D eigenvalue weighted by Crippen LogP contribution is 2.26. The molecule has 4 rings (SSSR count). The van der Waals surface area contributed by atoms with Crippen LogP contribution in [0.2, 0.25) is 0 Å². The van der Waals surface area contributed by atoms with Crippen molar-refractivity contribution in [1.82, 2.24) is 25.4 Å². The number of anilines is 2. The van der Waals surface area contributed by atoms with Crippen molar-refractivity contribution in [2.24, 2.45) is 5.41 Å². The molecule has 0 saturated heterocycles. The number of H-pyrrole nitrogens is 1. The van der Waals surface area contributed by atoms with Gasteiger partial charge >= 0.3 is 0 Å². The lowest BCUT2D eigenvalue weighted by Crippen LogP contribution is -2.40. The molecule has 0 aliphatic rings. The number of carbonyl (C=O) groups excluding carboxylic acids is 1. The zero-order valence-corrected chi connectivity index (χ0v) is 20.7. The number of aromatic nitrogens is 3. The van der Waals surface area contributed by atoms with Crippen LogP contribution in [0.5, 0.6) is 0 Å². The van der Waals surface area contributed by atoms with E-state index in [1.54, 1.807) is 6.20 Å². The molecular weight excluding hydrogens is 436 g/mol. The number of nitrogens with zero attached hydrogens (tertiary/aromatic N) is 3. The largest absolute Gasteiger partial charge is 0.355 e. The van der Waals surface area contributed by atoms with Crippen LogP contribution in [-0.4, -0.2) is 53.2 Å². The Morgan fingerprint density at radius 2 is 1.86 bits per heavy atom. The second-order valence-corrected chi connectivity index (χ2v) is 9.71. The Balaban J connectivity index is 1.49. The molecular formula is C28H32N6O. The lowest BCUT2D eigenvalue weighted by atomic mass is 9.93. The average molecular weight is 469 g/mol. The number of carbonyl (C=O) groups is 1. The van der Waals surface area contributed by atoms with Crippen molar-refractivity contribution < 1.29 is 4.79 Å². The Morgan fingerprint density at radius 3 is 2.63 bits per heavy atom. The summed E-state index contributed by atoms with van der Waals surface area (Å²) in [6, 6.07) is 19.4. The van der Waals surface area contributed by atoms with Crippen LogP contribution in [-0.2, 0) is 0 Å². The molecule has 35 heavy (non-hydrogen) atoms. The second kappa shape index (κ2) is 10.5. The first-order valence-electron chi connectivity index (χ1n) is 11.7. The monoisotopic (exact) mass is 468 g/mol. The lowest BCUT2D eigenvalue weighted by Gasteiger charge is -2.28. The first-order chi connectivity index (χ1) is 16.8. The molecule has 0 fully saturated rings. The highest BCUT2D eigenvalue weighted by molar-refractivity contribution is 6.00. The summed E-state index contributed by atoms with van der Waals surface area (Å²) in [6.45, 7) is 5.78.